The molecule has 2 heteroatoms. The molecule has 2 aromatic rings. The molecule has 0 aliphatic heterocycles. The Morgan fingerprint density at radius 2 is 1.94 bits per heavy atom. The van der Waals surface area contributed by atoms with Crippen molar-refractivity contribution in [3.8, 4) is 0 Å². The van der Waals surface area contributed by atoms with Gasteiger partial charge < -0.3 is 5.11 Å². The Balaban J connectivity index is 2.34. The minimum atomic E-state index is -0.335. The van der Waals surface area contributed by atoms with E-state index < -0.39 is 0 Å². The highest BCUT2D eigenvalue weighted by atomic mass is 16.3. The first-order valence-electron chi connectivity index (χ1n) is 5.46. The number of aliphatic hydroxyl groups excluding tert-OH is 1. The van der Waals surface area contributed by atoms with Gasteiger partial charge in [0.2, 0.25) is 0 Å². The molecule has 0 bridgehead atoms. The van der Waals surface area contributed by atoms with Gasteiger partial charge in [0.25, 0.3) is 0 Å². The summed E-state index contributed by atoms with van der Waals surface area (Å²) < 4.78 is 0. The molecular formula is C14H15NO. The monoisotopic (exact) mass is 213 g/mol. The van der Waals surface area contributed by atoms with Gasteiger partial charge in [-0.1, -0.05) is 36.4 Å². The molecule has 1 N–H and O–H groups in total. The fourth-order valence-electron chi connectivity index (χ4n) is 1.62. The van der Waals surface area contributed by atoms with Crippen LogP contribution in [0.4, 0.5) is 5.69 Å². The van der Waals surface area contributed by atoms with E-state index in [4.69, 9.17) is 5.11 Å². The Labute approximate surface area is 95.3 Å². The van der Waals surface area contributed by atoms with E-state index in [-0.39, 0.29) is 6.10 Å². The number of hydrogen-bond donors (Lipinski definition) is 1. The Bertz CT molecular complexity index is 498. The zero-order valence-electron chi connectivity index (χ0n) is 9.30. The molecule has 0 saturated carbocycles. The predicted octanol–water partition coefficient (Wildman–Crippen LogP) is 3.31. The molecule has 1 atom stereocenters. The third kappa shape index (κ3) is 2.47. The van der Waals surface area contributed by atoms with Gasteiger partial charge in [0.05, 0.1) is 11.8 Å². The highest BCUT2D eigenvalue weighted by Gasteiger charge is 1.97. The lowest BCUT2D eigenvalue weighted by atomic mass is 10.1. The molecule has 16 heavy (non-hydrogen) atoms. The second-order valence-electron chi connectivity index (χ2n) is 3.89. The lowest BCUT2D eigenvalue weighted by Gasteiger charge is -2.01. The summed E-state index contributed by atoms with van der Waals surface area (Å²) in [6.07, 6.45) is 2.02. The van der Waals surface area contributed by atoms with Crippen molar-refractivity contribution in [1.29, 1.82) is 0 Å². The Morgan fingerprint density at radius 3 is 2.75 bits per heavy atom. The van der Waals surface area contributed by atoms with Crippen LogP contribution in [-0.4, -0.2) is 17.4 Å². The minimum absolute atomic E-state index is 0.335. The maximum Gasteiger partial charge on any atom is 0.0704 e. The molecule has 0 fully saturated rings. The summed E-state index contributed by atoms with van der Waals surface area (Å²) in [5, 5.41) is 11.5. The third-order valence-corrected chi connectivity index (χ3v) is 2.44. The fraction of sp³-hybridized carbons (Fsp3) is 0.214. The van der Waals surface area contributed by atoms with Crippen LogP contribution in [0.5, 0.6) is 0 Å². The van der Waals surface area contributed by atoms with E-state index in [1.54, 1.807) is 13.1 Å². The van der Waals surface area contributed by atoms with Crippen LogP contribution in [0.25, 0.3) is 10.8 Å². The molecule has 0 saturated heterocycles. The summed E-state index contributed by atoms with van der Waals surface area (Å²) in [5.74, 6) is 0. The van der Waals surface area contributed by atoms with Crippen molar-refractivity contribution >= 4 is 22.7 Å². The molecule has 82 valence electrons. The number of nitrogens with zero attached hydrogens (tertiary/aromatic N) is 1. The zero-order valence-corrected chi connectivity index (χ0v) is 9.30. The number of aliphatic imine (C=N–C) groups is 1. The summed E-state index contributed by atoms with van der Waals surface area (Å²) >= 11 is 0. The summed E-state index contributed by atoms with van der Waals surface area (Å²) in [6.45, 7) is 1.76. The van der Waals surface area contributed by atoms with Crippen LogP contribution >= 0.6 is 0 Å². The van der Waals surface area contributed by atoms with Crippen LogP contribution in [0.1, 0.15) is 13.3 Å². The molecule has 0 radical (unpaired) electrons. The van der Waals surface area contributed by atoms with E-state index in [9.17, 15) is 0 Å². The van der Waals surface area contributed by atoms with Gasteiger partial charge in [0.15, 0.2) is 0 Å². The van der Waals surface area contributed by atoms with Crippen molar-refractivity contribution < 1.29 is 5.11 Å². The summed E-state index contributed by atoms with van der Waals surface area (Å²) in [4.78, 5) is 4.39. The van der Waals surface area contributed by atoms with Crippen molar-refractivity contribution in [3.63, 3.8) is 0 Å². The van der Waals surface area contributed by atoms with E-state index in [1.807, 2.05) is 24.3 Å². The van der Waals surface area contributed by atoms with Crippen LogP contribution in [0.3, 0.4) is 0 Å². The van der Waals surface area contributed by atoms with Gasteiger partial charge in [0.1, 0.15) is 0 Å². The second kappa shape index (κ2) is 4.90. The number of hydrogen-bond acceptors (Lipinski definition) is 2. The SMILES string of the molecule is C[C@@H](O)CC=Nc1cccc2ccccc12. The molecular weight excluding hydrogens is 198 g/mol. The quantitative estimate of drug-likeness (QED) is 0.779. The Kier molecular flexibility index (Phi) is 3.32. The van der Waals surface area contributed by atoms with Gasteiger partial charge in [0, 0.05) is 18.0 Å². The van der Waals surface area contributed by atoms with Gasteiger partial charge in [-0.2, -0.15) is 0 Å². The van der Waals surface area contributed by atoms with Crippen molar-refractivity contribution in [1.82, 2.24) is 0 Å². The van der Waals surface area contributed by atoms with E-state index in [0.717, 1.165) is 11.1 Å². The number of rotatable bonds is 3. The van der Waals surface area contributed by atoms with E-state index in [1.165, 1.54) is 5.39 Å². The minimum Gasteiger partial charge on any atom is -0.393 e. The van der Waals surface area contributed by atoms with Crippen molar-refractivity contribution in [2.24, 2.45) is 4.99 Å². The lowest BCUT2D eigenvalue weighted by molar-refractivity contribution is 0.204. The van der Waals surface area contributed by atoms with Gasteiger partial charge in [-0.3, -0.25) is 4.99 Å². The average molecular weight is 213 g/mol. The summed E-state index contributed by atoms with van der Waals surface area (Å²) in [6, 6.07) is 14.2. The molecule has 0 heterocycles. The Morgan fingerprint density at radius 1 is 1.19 bits per heavy atom. The third-order valence-electron chi connectivity index (χ3n) is 2.44. The average Bonchev–Trinajstić information content (AvgIpc) is 2.29. The first-order chi connectivity index (χ1) is 7.77. The molecule has 0 amide bonds. The molecule has 2 rings (SSSR count). The molecule has 0 aromatic heterocycles. The van der Waals surface area contributed by atoms with Gasteiger partial charge in [-0.25, -0.2) is 0 Å². The topological polar surface area (TPSA) is 32.6 Å². The largest absolute Gasteiger partial charge is 0.393 e. The fourth-order valence-corrected chi connectivity index (χ4v) is 1.62. The molecule has 0 aliphatic carbocycles. The van der Waals surface area contributed by atoms with Crippen LogP contribution < -0.4 is 0 Å². The molecule has 2 nitrogen and oxygen atoms in total. The van der Waals surface area contributed by atoms with Crippen LogP contribution in [-0.2, 0) is 0 Å². The molecule has 0 aliphatic rings. The molecule has 0 spiro atoms. The van der Waals surface area contributed by atoms with Gasteiger partial charge >= 0.3 is 0 Å². The van der Waals surface area contributed by atoms with E-state index in [0.29, 0.717) is 6.42 Å². The highest BCUT2D eigenvalue weighted by Crippen LogP contribution is 2.25. The van der Waals surface area contributed by atoms with Crippen molar-refractivity contribution in [2.45, 2.75) is 19.4 Å². The number of aliphatic hydroxyl groups is 1. The van der Waals surface area contributed by atoms with Crippen LogP contribution in [0, 0.1) is 0 Å². The number of fused-ring (bicyclic) bond motifs is 1. The van der Waals surface area contributed by atoms with Gasteiger partial charge in [-0.15, -0.1) is 0 Å². The van der Waals surface area contributed by atoms with Gasteiger partial charge in [-0.05, 0) is 18.4 Å². The van der Waals surface area contributed by atoms with Crippen molar-refractivity contribution in [2.75, 3.05) is 0 Å². The maximum absolute atomic E-state index is 9.15. The molecule has 0 unspecified atom stereocenters. The first kappa shape index (κ1) is 10.8. The zero-order chi connectivity index (χ0) is 11.4. The maximum atomic E-state index is 9.15. The van der Waals surface area contributed by atoms with Crippen LogP contribution in [0.2, 0.25) is 0 Å². The second-order valence-corrected chi connectivity index (χ2v) is 3.89. The standard InChI is InChI=1S/C14H15NO/c1-11(16)9-10-15-14-8-4-6-12-5-2-3-7-13(12)14/h2-8,10-11,16H,9H2,1H3/t11-/m1/s1. The highest BCUT2D eigenvalue weighted by molar-refractivity contribution is 5.93. The number of benzene rings is 2. The predicted molar refractivity (Wildman–Crippen MR) is 68.4 cm³/mol. The summed E-state index contributed by atoms with van der Waals surface area (Å²) in [5.41, 5.74) is 0.957. The Hall–Kier alpha value is -1.67. The lowest BCUT2D eigenvalue weighted by Crippen LogP contribution is -1.98. The first-order valence-corrected chi connectivity index (χ1v) is 5.46. The van der Waals surface area contributed by atoms with Crippen LogP contribution in [0.15, 0.2) is 47.5 Å². The van der Waals surface area contributed by atoms with E-state index in [2.05, 4.69) is 23.2 Å². The molecule has 2 aromatic carbocycles. The normalized spacial score (nSPS) is 13.4. The van der Waals surface area contributed by atoms with Crippen molar-refractivity contribution in [3.05, 3.63) is 42.5 Å². The smallest absolute Gasteiger partial charge is 0.0704 e. The summed E-state index contributed by atoms with van der Waals surface area (Å²) in [7, 11) is 0. The van der Waals surface area contributed by atoms with E-state index >= 15 is 0 Å².